The fraction of sp³-hybridized carbons (Fsp3) is 0.286. The minimum atomic E-state index is -0.221. The molecule has 1 aromatic carbocycles. The van der Waals surface area contributed by atoms with E-state index in [2.05, 4.69) is 10.3 Å². The summed E-state index contributed by atoms with van der Waals surface area (Å²) >= 11 is 3.11. The third kappa shape index (κ3) is 3.89. The second kappa shape index (κ2) is 7.33. The quantitative estimate of drug-likeness (QED) is 0.883. The fourth-order valence-corrected chi connectivity index (χ4v) is 2.98. The summed E-state index contributed by atoms with van der Waals surface area (Å²) in [5, 5.41) is 5.33. The molecule has 112 valence electrons. The van der Waals surface area contributed by atoms with Gasteiger partial charge in [-0.3, -0.25) is 10.1 Å². The maximum absolute atomic E-state index is 12.2. The summed E-state index contributed by atoms with van der Waals surface area (Å²) in [6.45, 7) is 0. The van der Waals surface area contributed by atoms with E-state index >= 15 is 0 Å². The van der Waals surface area contributed by atoms with Crippen molar-refractivity contribution >= 4 is 34.1 Å². The van der Waals surface area contributed by atoms with Crippen LogP contribution in [0, 0.1) is 0 Å². The number of anilines is 1. The van der Waals surface area contributed by atoms with Crippen LogP contribution in [-0.4, -0.2) is 31.4 Å². The molecule has 5 nitrogen and oxygen atoms in total. The number of benzene rings is 1. The average molecular weight is 324 g/mol. The number of thioether (sulfide) groups is 1. The summed E-state index contributed by atoms with van der Waals surface area (Å²) in [7, 11) is 3.09. The number of nitrogens with one attached hydrogen (secondary N) is 1. The number of thiazole rings is 1. The van der Waals surface area contributed by atoms with Crippen LogP contribution in [0.25, 0.3) is 0 Å². The molecule has 0 aliphatic rings. The maximum Gasteiger partial charge on any atom is 0.257 e. The zero-order chi connectivity index (χ0) is 15.2. The largest absolute Gasteiger partial charge is 0.493 e. The van der Waals surface area contributed by atoms with Gasteiger partial charge in [0.15, 0.2) is 16.6 Å². The van der Waals surface area contributed by atoms with Crippen molar-refractivity contribution in [2.75, 3.05) is 25.8 Å². The molecule has 0 aliphatic heterocycles. The van der Waals surface area contributed by atoms with Gasteiger partial charge in [0.05, 0.1) is 19.9 Å². The zero-order valence-corrected chi connectivity index (χ0v) is 13.6. The Morgan fingerprint density at radius 1 is 1.33 bits per heavy atom. The zero-order valence-electron chi connectivity index (χ0n) is 12.0. The molecule has 0 unspecified atom stereocenters. The molecule has 0 saturated heterocycles. The molecule has 1 heterocycles. The number of carbonyl (C=O) groups excluding carboxylic acids is 1. The molecule has 2 aromatic rings. The van der Waals surface area contributed by atoms with Crippen molar-refractivity contribution < 1.29 is 14.3 Å². The number of methoxy groups -OCH3 is 2. The van der Waals surface area contributed by atoms with Crippen LogP contribution in [0.3, 0.4) is 0 Å². The molecule has 21 heavy (non-hydrogen) atoms. The summed E-state index contributed by atoms with van der Waals surface area (Å²) in [5.41, 5.74) is 1.46. The van der Waals surface area contributed by atoms with Crippen LogP contribution in [0.15, 0.2) is 23.6 Å². The van der Waals surface area contributed by atoms with Gasteiger partial charge < -0.3 is 9.47 Å². The predicted octanol–water partition coefficient (Wildman–Crippen LogP) is 3.28. The first-order valence-corrected chi connectivity index (χ1v) is 8.42. The van der Waals surface area contributed by atoms with Crippen LogP contribution in [-0.2, 0) is 5.75 Å². The van der Waals surface area contributed by atoms with Gasteiger partial charge in [-0.05, 0) is 24.5 Å². The van der Waals surface area contributed by atoms with E-state index in [1.54, 1.807) is 37.1 Å². The van der Waals surface area contributed by atoms with Gasteiger partial charge in [-0.2, -0.15) is 11.8 Å². The Morgan fingerprint density at radius 3 is 2.76 bits per heavy atom. The molecule has 0 fully saturated rings. The lowest BCUT2D eigenvalue weighted by Crippen LogP contribution is -2.12. The van der Waals surface area contributed by atoms with Gasteiger partial charge in [0.25, 0.3) is 5.91 Å². The van der Waals surface area contributed by atoms with Gasteiger partial charge in [-0.1, -0.05) is 0 Å². The highest BCUT2D eigenvalue weighted by atomic mass is 32.2. The second-order valence-electron chi connectivity index (χ2n) is 4.10. The Kier molecular flexibility index (Phi) is 5.46. The fourth-order valence-electron chi connectivity index (χ4n) is 1.73. The highest BCUT2D eigenvalue weighted by Gasteiger charge is 2.12. The predicted molar refractivity (Wildman–Crippen MR) is 86.8 cm³/mol. The molecule has 0 bridgehead atoms. The summed E-state index contributed by atoms with van der Waals surface area (Å²) in [6, 6.07) is 5.03. The third-order valence-electron chi connectivity index (χ3n) is 2.71. The van der Waals surface area contributed by atoms with Crippen LogP contribution in [0.1, 0.15) is 16.1 Å². The Bertz CT molecular complexity index is 628. The average Bonchev–Trinajstić information content (AvgIpc) is 2.94. The van der Waals surface area contributed by atoms with Crippen LogP contribution in [0.4, 0.5) is 5.13 Å². The number of ether oxygens (including phenoxy) is 2. The normalized spacial score (nSPS) is 10.2. The number of hydrogen-bond acceptors (Lipinski definition) is 6. The van der Waals surface area contributed by atoms with Gasteiger partial charge in [0.2, 0.25) is 0 Å². The molecule has 1 N–H and O–H groups in total. The first kappa shape index (κ1) is 15.7. The lowest BCUT2D eigenvalue weighted by Gasteiger charge is -2.09. The Labute approximate surface area is 131 Å². The van der Waals surface area contributed by atoms with E-state index in [9.17, 15) is 4.79 Å². The molecule has 7 heteroatoms. The number of aromatic nitrogens is 1. The molecule has 1 amide bonds. The molecule has 0 saturated carbocycles. The molecule has 0 atom stereocenters. The number of hydrogen-bond donors (Lipinski definition) is 1. The van der Waals surface area contributed by atoms with Crippen molar-refractivity contribution in [2.45, 2.75) is 5.75 Å². The standard InChI is InChI=1S/C14H16N2O3S2/c1-18-11-5-4-9(6-12(11)19-2)13(17)16-14-15-10(7-20-3)8-21-14/h4-6,8H,7H2,1-3H3,(H,15,16,17). The summed E-state index contributed by atoms with van der Waals surface area (Å²) in [6.07, 6.45) is 2.02. The molecule has 0 aliphatic carbocycles. The topological polar surface area (TPSA) is 60.5 Å². The summed E-state index contributed by atoms with van der Waals surface area (Å²) in [4.78, 5) is 16.6. The second-order valence-corrected chi connectivity index (χ2v) is 5.83. The minimum Gasteiger partial charge on any atom is -0.493 e. The molecule has 0 radical (unpaired) electrons. The van der Waals surface area contributed by atoms with Crippen molar-refractivity contribution in [1.82, 2.24) is 4.98 Å². The van der Waals surface area contributed by atoms with E-state index in [0.29, 0.717) is 22.2 Å². The van der Waals surface area contributed by atoms with Crippen molar-refractivity contribution in [3.8, 4) is 11.5 Å². The van der Waals surface area contributed by atoms with E-state index in [1.807, 2.05) is 11.6 Å². The molecular weight excluding hydrogens is 308 g/mol. The summed E-state index contributed by atoms with van der Waals surface area (Å²) < 4.78 is 10.3. The maximum atomic E-state index is 12.2. The first-order chi connectivity index (χ1) is 10.2. The Balaban J connectivity index is 2.12. The minimum absolute atomic E-state index is 0.221. The van der Waals surface area contributed by atoms with E-state index < -0.39 is 0 Å². The SMILES string of the molecule is COc1ccc(C(=O)Nc2nc(CSC)cs2)cc1OC. The number of nitrogens with zero attached hydrogens (tertiary/aromatic N) is 1. The van der Waals surface area contributed by atoms with E-state index in [4.69, 9.17) is 9.47 Å². The van der Waals surface area contributed by atoms with Crippen molar-refractivity contribution in [2.24, 2.45) is 0 Å². The van der Waals surface area contributed by atoms with Gasteiger partial charge in [-0.15, -0.1) is 11.3 Å². The molecular formula is C14H16N2O3S2. The molecule has 0 spiro atoms. The third-order valence-corrected chi connectivity index (χ3v) is 4.10. The van der Waals surface area contributed by atoms with E-state index in [-0.39, 0.29) is 5.91 Å². The molecule has 2 rings (SSSR count). The van der Waals surface area contributed by atoms with Crippen LogP contribution in [0.5, 0.6) is 11.5 Å². The van der Waals surface area contributed by atoms with Crippen molar-refractivity contribution in [1.29, 1.82) is 0 Å². The highest BCUT2D eigenvalue weighted by Crippen LogP contribution is 2.28. The van der Waals surface area contributed by atoms with Crippen LogP contribution < -0.4 is 14.8 Å². The van der Waals surface area contributed by atoms with Crippen molar-refractivity contribution in [3.05, 3.63) is 34.8 Å². The summed E-state index contributed by atoms with van der Waals surface area (Å²) in [5.74, 6) is 1.72. The lowest BCUT2D eigenvalue weighted by atomic mass is 10.2. The van der Waals surface area contributed by atoms with Crippen LogP contribution >= 0.6 is 23.1 Å². The van der Waals surface area contributed by atoms with Gasteiger partial charge >= 0.3 is 0 Å². The number of carbonyl (C=O) groups is 1. The number of rotatable bonds is 6. The van der Waals surface area contributed by atoms with E-state index in [1.165, 1.54) is 18.4 Å². The molecule has 1 aromatic heterocycles. The van der Waals surface area contributed by atoms with Crippen LogP contribution in [0.2, 0.25) is 0 Å². The highest BCUT2D eigenvalue weighted by molar-refractivity contribution is 7.97. The van der Waals surface area contributed by atoms with Gasteiger partial charge in [0, 0.05) is 16.7 Å². The van der Waals surface area contributed by atoms with E-state index in [0.717, 1.165) is 11.4 Å². The van der Waals surface area contributed by atoms with Gasteiger partial charge in [0.1, 0.15) is 0 Å². The van der Waals surface area contributed by atoms with Crippen molar-refractivity contribution in [3.63, 3.8) is 0 Å². The lowest BCUT2D eigenvalue weighted by molar-refractivity contribution is 0.102. The first-order valence-electron chi connectivity index (χ1n) is 6.14. The smallest absolute Gasteiger partial charge is 0.257 e. The Hall–Kier alpha value is -1.73. The van der Waals surface area contributed by atoms with Gasteiger partial charge in [-0.25, -0.2) is 4.98 Å². The number of amides is 1. The Morgan fingerprint density at radius 2 is 2.10 bits per heavy atom. The monoisotopic (exact) mass is 324 g/mol.